The average molecular weight is 478 g/mol. The molecule has 0 bridgehead atoms. The lowest BCUT2D eigenvalue weighted by molar-refractivity contribution is -0.143. The van der Waals surface area contributed by atoms with E-state index in [1.54, 1.807) is 30.6 Å². The van der Waals surface area contributed by atoms with Gasteiger partial charge in [0.25, 0.3) is 5.91 Å². The number of H-pyrrole nitrogens is 1. The summed E-state index contributed by atoms with van der Waals surface area (Å²) >= 11 is 6.04. The van der Waals surface area contributed by atoms with E-state index in [0.717, 1.165) is 16.3 Å². The Kier molecular flexibility index (Phi) is 6.56. The lowest BCUT2D eigenvalue weighted by Gasteiger charge is -2.24. The molecule has 0 aliphatic carbocycles. The van der Waals surface area contributed by atoms with E-state index >= 15 is 0 Å². The molecule has 1 atom stereocenters. The van der Waals surface area contributed by atoms with Gasteiger partial charge in [0.2, 0.25) is 0 Å². The monoisotopic (exact) mass is 477 g/mol. The minimum absolute atomic E-state index is 0.237. The first-order valence-corrected chi connectivity index (χ1v) is 11.1. The molecule has 4 rings (SSSR count). The summed E-state index contributed by atoms with van der Waals surface area (Å²) < 4.78 is 6.50. The molecule has 4 aromatic rings. The minimum atomic E-state index is -1.45. The van der Waals surface area contributed by atoms with E-state index in [1.165, 1.54) is 13.8 Å². The van der Waals surface area contributed by atoms with Crippen LogP contribution in [0.3, 0.4) is 0 Å². The van der Waals surface area contributed by atoms with Crippen molar-refractivity contribution in [1.82, 2.24) is 15.3 Å². The number of imidazole rings is 1. The number of fused-ring (bicyclic) bond motifs is 1. The van der Waals surface area contributed by atoms with Gasteiger partial charge in [-0.05, 0) is 43.0 Å². The van der Waals surface area contributed by atoms with Gasteiger partial charge in [0, 0.05) is 29.2 Å². The molecular weight excluding hydrogens is 454 g/mol. The second-order valence-electron chi connectivity index (χ2n) is 8.46. The van der Waals surface area contributed by atoms with E-state index in [1.807, 2.05) is 42.5 Å². The van der Waals surface area contributed by atoms with Crippen molar-refractivity contribution in [1.29, 1.82) is 0 Å². The summed E-state index contributed by atoms with van der Waals surface area (Å²) in [4.78, 5) is 32.3. The number of rotatable bonds is 8. The summed E-state index contributed by atoms with van der Waals surface area (Å²) in [5.41, 5.74) is -0.242. The molecule has 0 saturated carbocycles. The Hall–Kier alpha value is -3.84. The van der Waals surface area contributed by atoms with Gasteiger partial charge in [-0.2, -0.15) is 0 Å². The number of aromatic nitrogens is 2. The summed E-state index contributed by atoms with van der Waals surface area (Å²) in [6.45, 7) is 2.86. The maximum atomic E-state index is 13.2. The molecule has 1 unspecified atom stereocenters. The maximum Gasteiger partial charge on any atom is 0.328 e. The van der Waals surface area contributed by atoms with Crippen molar-refractivity contribution >= 4 is 34.2 Å². The first-order valence-electron chi connectivity index (χ1n) is 10.7. The van der Waals surface area contributed by atoms with Gasteiger partial charge >= 0.3 is 5.97 Å². The summed E-state index contributed by atoms with van der Waals surface area (Å²) in [6.07, 6.45) is 3.27. The first-order chi connectivity index (χ1) is 16.2. The molecule has 174 valence electrons. The van der Waals surface area contributed by atoms with Crippen LogP contribution in [0.1, 0.15) is 41.7 Å². The zero-order valence-electron chi connectivity index (χ0n) is 18.7. The third-order valence-corrected chi connectivity index (χ3v) is 5.76. The number of hydrogen-bond donors (Lipinski definition) is 3. The fourth-order valence-electron chi connectivity index (χ4n) is 3.58. The number of nitrogens with one attached hydrogen (secondary N) is 2. The Bertz CT molecular complexity index is 1320. The number of benzene rings is 3. The van der Waals surface area contributed by atoms with Crippen molar-refractivity contribution < 1.29 is 19.4 Å². The zero-order valence-corrected chi connectivity index (χ0v) is 19.5. The summed E-state index contributed by atoms with van der Waals surface area (Å²) in [7, 11) is 0. The number of aromatic amines is 1. The van der Waals surface area contributed by atoms with Gasteiger partial charge in [-0.15, -0.1) is 0 Å². The molecule has 0 radical (unpaired) electrons. The predicted octanol–water partition coefficient (Wildman–Crippen LogP) is 5.17. The van der Waals surface area contributed by atoms with Gasteiger partial charge in [-0.3, -0.25) is 4.79 Å². The van der Waals surface area contributed by atoms with Crippen LogP contribution in [0.4, 0.5) is 0 Å². The van der Waals surface area contributed by atoms with Crippen molar-refractivity contribution in [3.05, 3.63) is 95.0 Å². The fraction of sp³-hybridized carbons (Fsp3) is 0.192. The Labute approximate surface area is 201 Å². The van der Waals surface area contributed by atoms with Crippen molar-refractivity contribution in [2.24, 2.45) is 0 Å². The third-order valence-electron chi connectivity index (χ3n) is 5.50. The highest BCUT2D eigenvalue weighted by Crippen LogP contribution is 2.34. The molecule has 0 spiro atoms. The van der Waals surface area contributed by atoms with Crippen LogP contribution in [0.2, 0.25) is 5.02 Å². The van der Waals surface area contributed by atoms with E-state index < -0.39 is 23.5 Å². The number of aliphatic carboxylic acids is 1. The Morgan fingerprint density at radius 1 is 1.12 bits per heavy atom. The van der Waals surface area contributed by atoms with Crippen LogP contribution in [0.5, 0.6) is 5.75 Å². The SMILES string of the molecule is CC(C)(NC(=O)c1ccc2ccccc2c1OC(Cc1ccc(Cl)cc1)c1ncc[nH]1)C(=O)O. The molecule has 34 heavy (non-hydrogen) atoms. The largest absolute Gasteiger partial charge is 0.481 e. The topological polar surface area (TPSA) is 104 Å². The molecule has 3 aromatic carbocycles. The number of ether oxygens (including phenoxy) is 1. The molecule has 1 amide bonds. The minimum Gasteiger partial charge on any atom is -0.481 e. The lowest BCUT2D eigenvalue weighted by Crippen LogP contribution is -2.49. The van der Waals surface area contributed by atoms with Crippen LogP contribution >= 0.6 is 11.6 Å². The normalized spacial score (nSPS) is 12.3. The Balaban J connectivity index is 1.77. The van der Waals surface area contributed by atoms with E-state index in [-0.39, 0.29) is 5.56 Å². The van der Waals surface area contributed by atoms with Crippen LogP contribution in [0.25, 0.3) is 10.8 Å². The van der Waals surface area contributed by atoms with Gasteiger partial charge in [-0.25, -0.2) is 9.78 Å². The van der Waals surface area contributed by atoms with Crippen LogP contribution in [-0.2, 0) is 11.2 Å². The molecule has 8 heteroatoms. The Morgan fingerprint density at radius 3 is 2.53 bits per heavy atom. The number of carbonyl (C=O) groups excluding carboxylic acids is 1. The van der Waals surface area contributed by atoms with Gasteiger partial charge < -0.3 is 20.1 Å². The molecule has 1 aromatic heterocycles. The van der Waals surface area contributed by atoms with Crippen LogP contribution < -0.4 is 10.1 Å². The first kappa shape index (κ1) is 23.3. The van der Waals surface area contributed by atoms with Gasteiger partial charge in [0.1, 0.15) is 17.1 Å². The summed E-state index contributed by atoms with van der Waals surface area (Å²) in [5, 5.41) is 14.3. The van der Waals surface area contributed by atoms with Gasteiger partial charge in [0.05, 0.1) is 5.56 Å². The van der Waals surface area contributed by atoms with Gasteiger partial charge in [-0.1, -0.05) is 54.1 Å². The van der Waals surface area contributed by atoms with Crippen LogP contribution in [0, 0.1) is 0 Å². The molecule has 7 nitrogen and oxygen atoms in total. The van der Waals surface area contributed by atoms with Crippen molar-refractivity contribution in [2.75, 3.05) is 0 Å². The molecule has 0 saturated heterocycles. The van der Waals surface area contributed by atoms with Crippen molar-refractivity contribution in [3.8, 4) is 5.75 Å². The van der Waals surface area contributed by atoms with E-state index in [2.05, 4.69) is 15.3 Å². The summed E-state index contributed by atoms with van der Waals surface area (Å²) in [5.74, 6) is -0.731. The van der Waals surface area contributed by atoms with Crippen LogP contribution in [-0.4, -0.2) is 32.5 Å². The molecule has 0 aliphatic heterocycles. The highest BCUT2D eigenvalue weighted by molar-refractivity contribution is 6.30. The van der Waals surface area contributed by atoms with Crippen molar-refractivity contribution in [3.63, 3.8) is 0 Å². The van der Waals surface area contributed by atoms with Crippen LogP contribution in [0.15, 0.2) is 73.1 Å². The second kappa shape index (κ2) is 9.57. The number of nitrogens with zero attached hydrogens (tertiary/aromatic N) is 1. The van der Waals surface area contributed by atoms with E-state index in [9.17, 15) is 14.7 Å². The number of amides is 1. The number of carboxylic acid groups (broad SMARTS) is 1. The molecule has 3 N–H and O–H groups in total. The second-order valence-corrected chi connectivity index (χ2v) is 8.90. The molecular formula is C26H24ClN3O4. The Morgan fingerprint density at radius 2 is 1.85 bits per heavy atom. The van der Waals surface area contributed by atoms with Gasteiger partial charge in [0.15, 0.2) is 6.10 Å². The highest BCUT2D eigenvalue weighted by Gasteiger charge is 2.31. The van der Waals surface area contributed by atoms with Crippen molar-refractivity contribution in [2.45, 2.75) is 31.9 Å². The summed E-state index contributed by atoms with van der Waals surface area (Å²) in [6, 6.07) is 18.4. The zero-order chi connectivity index (χ0) is 24.3. The predicted molar refractivity (Wildman–Crippen MR) is 130 cm³/mol. The maximum absolute atomic E-state index is 13.2. The third kappa shape index (κ3) is 5.05. The number of carboxylic acids is 1. The lowest BCUT2D eigenvalue weighted by atomic mass is 10.0. The number of halogens is 1. The molecule has 1 heterocycles. The highest BCUT2D eigenvalue weighted by atomic mass is 35.5. The fourth-order valence-corrected chi connectivity index (χ4v) is 3.70. The number of carbonyl (C=O) groups is 2. The quantitative estimate of drug-likeness (QED) is 0.324. The van der Waals surface area contributed by atoms with E-state index in [0.29, 0.717) is 23.0 Å². The molecule has 0 fully saturated rings. The van der Waals surface area contributed by atoms with E-state index in [4.69, 9.17) is 16.3 Å². The standard InChI is InChI=1S/C26H24ClN3O4/c1-26(2,25(32)33)30-24(31)20-12-9-17-5-3-4-6-19(17)22(20)34-21(23-28-13-14-29-23)15-16-7-10-18(27)11-8-16/h3-14,21H,15H2,1-2H3,(H,28,29)(H,30,31)(H,32,33). The average Bonchev–Trinajstić information content (AvgIpc) is 3.34. The smallest absolute Gasteiger partial charge is 0.328 e. The molecule has 0 aliphatic rings. The number of hydrogen-bond acceptors (Lipinski definition) is 4.